The molecule has 0 unspecified atom stereocenters. The zero-order valence-electron chi connectivity index (χ0n) is 9.72. The average Bonchev–Trinajstić information content (AvgIpc) is 2.30. The number of rotatable bonds is 6. The van der Waals surface area contributed by atoms with Crippen molar-refractivity contribution in [2.45, 2.75) is 12.5 Å². The van der Waals surface area contributed by atoms with Gasteiger partial charge in [-0.15, -0.1) is 0 Å². The number of nitrogens with one attached hydrogen (secondary N) is 1. The number of carbonyl (C=O) groups excluding carboxylic acids is 1. The molecule has 1 fully saturated rings. The molecular weight excluding hydrogens is 226 g/mol. The van der Waals surface area contributed by atoms with Gasteiger partial charge in [-0.1, -0.05) is 0 Å². The van der Waals surface area contributed by atoms with E-state index in [1.54, 1.807) is 0 Å². The molecule has 4 N–H and O–H groups in total. The Labute approximate surface area is 99.9 Å². The third-order valence-corrected chi connectivity index (χ3v) is 2.58. The summed E-state index contributed by atoms with van der Waals surface area (Å²) in [7, 11) is 0. The number of amides is 1. The lowest BCUT2D eigenvalue weighted by Crippen LogP contribution is -2.42. The first-order chi connectivity index (χ1) is 8.09. The second-order valence-electron chi connectivity index (χ2n) is 3.95. The summed E-state index contributed by atoms with van der Waals surface area (Å²) in [5.41, 5.74) is 5.24. The Morgan fingerprint density at radius 2 is 2.06 bits per heavy atom. The lowest BCUT2D eigenvalue weighted by molar-refractivity contribution is -0.140. The summed E-state index contributed by atoms with van der Waals surface area (Å²) in [6.45, 7) is 4.42. The van der Waals surface area contributed by atoms with Crippen molar-refractivity contribution in [3.8, 4) is 0 Å². The minimum atomic E-state index is -1.16. The molecule has 0 radical (unpaired) electrons. The topological polar surface area (TPSA) is 105 Å². The summed E-state index contributed by atoms with van der Waals surface area (Å²) in [5, 5.41) is 11.2. The van der Waals surface area contributed by atoms with E-state index in [9.17, 15) is 9.59 Å². The fraction of sp³-hybridized carbons (Fsp3) is 0.800. The molecule has 0 bridgehead atoms. The van der Waals surface area contributed by atoms with E-state index in [-0.39, 0.29) is 12.3 Å². The fourth-order valence-corrected chi connectivity index (χ4v) is 1.54. The van der Waals surface area contributed by atoms with E-state index in [0.29, 0.717) is 6.54 Å². The molecule has 1 rings (SSSR count). The zero-order chi connectivity index (χ0) is 12.7. The number of hydrogen-bond acceptors (Lipinski definition) is 5. The number of nitrogens with zero attached hydrogens (tertiary/aromatic N) is 1. The van der Waals surface area contributed by atoms with Crippen LogP contribution in [-0.2, 0) is 14.3 Å². The van der Waals surface area contributed by atoms with Gasteiger partial charge in [0.1, 0.15) is 6.04 Å². The van der Waals surface area contributed by atoms with Crippen molar-refractivity contribution in [1.29, 1.82) is 0 Å². The number of aliphatic carboxylic acids is 1. The first kappa shape index (κ1) is 13.9. The van der Waals surface area contributed by atoms with E-state index < -0.39 is 12.0 Å². The Morgan fingerprint density at radius 1 is 1.41 bits per heavy atom. The summed E-state index contributed by atoms with van der Waals surface area (Å²) in [6.07, 6.45) is -0.182. The van der Waals surface area contributed by atoms with E-state index in [1.165, 1.54) is 0 Å². The second-order valence-corrected chi connectivity index (χ2v) is 3.95. The first-order valence-corrected chi connectivity index (χ1v) is 5.65. The third-order valence-electron chi connectivity index (χ3n) is 2.58. The number of carboxylic acids is 1. The van der Waals surface area contributed by atoms with Crippen LogP contribution < -0.4 is 11.1 Å². The number of carbonyl (C=O) groups is 2. The maximum atomic E-state index is 11.3. The maximum Gasteiger partial charge on any atom is 0.321 e. The van der Waals surface area contributed by atoms with Gasteiger partial charge >= 0.3 is 5.97 Å². The van der Waals surface area contributed by atoms with Crippen LogP contribution in [-0.4, -0.2) is 67.3 Å². The van der Waals surface area contributed by atoms with Gasteiger partial charge in [0.25, 0.3) is 0 Å². The molecule has 0 aliphatic carbocycles. The van der Waals surface area contributed by atoms with Crippen LogP contribution in [0.5, 0.6) is 0 Å². The summed E-state index contributed by atoms with van der Waals surface area (Å²) in [6, 6.07) is -1.13. The van der Waals surface area contributed by atoms with Gasteiger partial charge in [0, 0.05) is 26.2 Å². The molecule has 0 aromatic rings. The number of nitrogens with two attached hydrogens (primary N) is 1. The van der Waals surface area contributed by atoms with Crippen LogP contribution in [0.25, 0.3) is 0 Å². The van der Waals surface area contributed by atoms with Gasteiger partial charge in [0.2, 0.25) is 5.91 Å². The van der Waals surface area contributed by atoms with Crippen molar-refractivity contribution < 1.29 is 19.4 Å². The molecule has 1 saturated heterocycles. The van der Waals surface area contributed by atoms with Crippen LogP contribution in [0.3, 0.4) is 0 Å². The zero-order valence-corrected chi connectivity index (χ0v) is 9.72. The van der Waals surface area contributed by atoms with Crippen LogP contribution in [0.2, 0.25) is 0 Å². The molecule has 1 aliphatic rings. The summed E-state index contributed by atoms with van der Waals surface area (Å²) < 4.78 is 5.20. The molecule has 1 aliphatic heterocycles. The molecular formula is C10H19N3O4. The number of carboxylic acid groups (broad SMARTS) is 1. The minimum Gasteiger partial charge on any atom is -0.480 e. The highest BCUT2D eigenvalue weighted by Gasteiger charge is 2.16. The van der Waals surface area contributed by atoms with E-state index in [0.717, 1.165) is 32.8 Å². The van der Waals surface area contributed by atoms with Crippen LogP contribution in [0.15, 0.2) is 0 Å². The summed E-state index contributed by atoms with van der Waals surface area (Å²) >= 11 is 0. The van der Waals surface area contributed by atoms with Gasteiger partial charge in [0.15, 0.2) is 0 Å². The second kappa shape index (κ2) is 7.21. The van der Waals surface area contributed by atoms with Gasteiger partial charge in [-0.05, 0) is 0 Å². The quantitative estimate of drug-likeness (QED) is 0.512. The predicted octanol–water partition coefficient (Wildman–Crippen LogP) is -1.76. The molecule has 1 amide bonds. The molecule has 7 heteroatoms. The predicted molar refractivity (Wildman–Crippen MR) is 60.5 cm³/mol. The fourth-order valence-electron chi connectivity index (χ4n) is 1.54. The highest BCUT2D eigenvalue weighted by Crippen LogP contribution is 1.95. The van der Waals surface area contributed by atoms with Gasteiger partial charge in [0.05, 0.1) is 19.6 Å². The number of morpholine rings is 1. The van der Waals surface area contributed by atoms with Crippen LogP contribution in [0, 0.1) is 0 Å². The van der Waals surface area contributed by atoms with Crippen LogP contribution in [0.1, 0.15) is 6.42 Å². The molecule has 0 aromatic heterocycles. The standard InChI is InChI=1S/C10H19N3O4/c11-8(10(15)16)7-9(14)12-1-2-13-3-5-17-6-4-13/h8H,1-7,11H2,(H,12,14)(H,15,16)/t8-/m0/s1. The smallest absolute Gasteiger partial charge is 0.321 e. The lowest BCUT2D eigenvalue weighted by atomic mass is 10.2. The molecule has 0 saturated carbocycles. The average molecular weight is 245 g/mol. The van der Waals surface area contributed by atoms with E-state index in [2.05, 4.69) is 10.2 Å². The van der Waals surface area contributed by atoms with Gasteiger partial charge < -0.3 is 20.9 Å². The summed E-state index contributed by atoms with van der Waals surface area (Å²) in [4.78, 5) is 23.9. The van der Waals surface area contributed by atoms with Crippen molar-refractivity contribution in [3.63, 3.8) is 0 Å². The molecule has 1 atom stereocenters. The molecule has 0 aromatic carbocycles. The maximum absolute atomic E-state index is 11.3. The Bertz CT molecular complexity index is 266. The van der Waals surface area contributed by atoms with Crippen LogP contribution in [0.4, 0.5) is 0 Å². The largest absolute Gasteiger partial charge is 0.480 e. The number of hydrogen-bond donors (Lipinski definition) is 3. The van der Waals surface area contributed by atoms with Gasteiger partial charge in [-0.25, -0.2) is 0 Å². The normalized spacial score (nSPS) is 18.6. The monoisotopic (exact) mass is 245 g/mol. The van der Waals surface area contributed by atoms with Crippen molar-refractivity contribution in [2.75, 3.05) is 39.4 Å². The molecule has 98 valence electrons. The van der Waals surface area contributed by atoms with E-state index in [4.69, 9.17) is 15.6 Å². The molecule has 1 heterocycles. The Hall–Kier alpha value is -1.18. The third kappa shape index (κ3) is 5.62. The van der Waals surface area contributed by atoms with E-state index in [1.807, 2.05) is 0 Å². The van der Waals surface area contributed by atoms with Gasteiger partial charge in [-0.2, -0.15) is 0 Å². The van der Waals surface area contributed by atoms with Crippen molar-refractivity contribution in [1.82, 2.24) is 10.2 Å². The van der Waals surface area contributed by atoms with Crippen molar-refractivity contribution >= 4 is 11.9 Å². The van der Waals surface area contributed by atoms with Crippen LogP contribution >= 0.6 is 0 Å². The minimum absolute atomic E-state index is 0.182. The number of ether oxygens (including phenoxy) is 1. The van der Waals surface area contributed by atoms with Crippen molar-refractivity contribution in [2.24, 2.45) is 5.73 Å². The van der Waals surface area contributed by atoms with Gasteiger partial charge in [-0.3, -0.25) is 14.5 Å². The summed E-state index contributed by atoms with van der Waals surface area (Å²) in [5.74, 6) is -1.48. The Morgan fingerprint density at radius 3 is 2.65 bits per heavy atom. The SMILES string of the molecule is N[C@@H](CC(=O)NCCN1CCOCC1)C(=O)O. The Kier molecular flexibility index (Phi) is 5.88. The first-order valence-electron chi connectivity index (χ1n) is 5.65. The highest BCUT2D eigenvalue weighted by molar-refractivity contribution is 5.84. The molecule has 7 nitrogen and oxygen atoms in total. The Balaban J connectivity index is 2.09. The highest BCUT2D eigenvalue weighted by atomic mass is 16.5. The molecule has 0 spiro atoms. The van der Waals surface area contributed by atoms with E-state index >= 15 is 0 Å². The van der Waals surface area contributed by atoms with Crippen molar-refractivity contribution in [3.05, 3.63) is 0 Å². The lowest BCUT2D eigenvalue weighted by Gasteiger charge is -2.26. The molecule has 17 heavy (non-hydrogen) atoms.